The Labute approximate surface area is 101 Å². The van der Waals surface area contributed by atoms with Crippen LogP contribution in [0.1, 0.15) is 37.6 Å². The van der Waals surface area contributed by atoms with Gasteiger partial charge in [0.1, 0.15) is 5.44 Å². The Morgan fingerprint density at radius 2 is 1.94 bits per heavy atom. The Balaban J connectivity index is 2.56. The second-order valence-corrected chi connectivity index (χ2v) is 5.53. The van der Waals surface area contributed by atoms with Crippen LogP contribution >= 0.6 is 11.8 Å². The molecule has 0 aliphatic heterocycles. The number of ether oxygens (including phenoxy) is 1. The third kappa shape index (κ3) is 4.27. The van der Waals surface area contributed by atoms with Crippen molar-refractivity contribution in [2.45, 2.75) is 37.9 Å². The predicted molar refractivity (Wildman–Crippen MR) is 68.7 cm³/mol. The molecule has 3 heteroatoms. The van der Waals surface area contributed by atoms with Gasteiger partial charge in [0.2, 0.25) is 0 Å². The molecule has 0 saturated heterocycles. The molecule has 1 atom stereocenters. The van der Waals surface area contributed by atoms with E-state index in [1.165, 1.54) is 0 Å². The van der Waals surface area contributed by atoms with Gasteiger partial charge in [-0.1, -0.05) is 39.0 Å². The van der Waals surface area contributed by atoms with E-state index in [-0.39, 0.29) is 11.4 Å². The molecular formula is C13H18O2S. The van der Waals surface area contributed by atoms with Crippen molar-refractivity contribution in [2.24, 2.45) is 0 Å². The molecule has 16 heavy (non-hydrogen) atoms. The summed E-state index contributed by atoms with van der Waals surface area (Å²) in [6.07, 6.45) is 0.835. The molecule has 0 aromatic heterocycles. The number of rotatable bonds is 5. The zero-order chi connectivity index (χ0) is 12.0. The number of benzene rings is 1. The lowest BCUT2D eigenvalue weighted by Crippen LogP contribution is -2.16. The lowest BCUT2D eigenvalue weighted by molar-refractivity contribution is 0.0454. The molecule has 0 saturated carbocycles. The monoisotopic (exact) mass is 238 g/mol. The third-order valence-electron chi connectivity index (χ3n) is 2.01. The lowest BCUT2D eigenvalue weighted by atomic mass is 10.2. The second-order valence-electron chi connectivity index (χ2n) is 3.79. The molecule has 0 aliphatic rings. The van der Waals surface area contributed by atoms with Crippen LogP contribution in [0.2, 0.25) is 0 Å². The Morgan fingerprint density at radius 3 is 2.44 bits per heavy atom. The Kier molecular flexibility index (Phi) is 5.39. The van der Waals surface area contributed by atoms with Gasteiger partial charge in [0.15, 0.2) is 0 Å². The first-order valence-electron chi connectivity index (χ1n) is 5.55. The minimum absolute atomic E-state index is 0.0484. The molecule has 0 fully saturated rings. The van der Waals surface area contributed by atoms with Gasteiger partial charge in [0.05, 0.1) is 5.56 Å². The minimum Gasteiger partial charge on any atom is -0.448 e. The first-order valence-corrected chi connectivity index (χ1v) is 6.49. The van der Waals surface area contributed by atoms with E-state index in [2.05, 4.69) is 13.8 Å². The normalized spacial score (nSPS) is 12.5. The summed E-state index contributed by atoms with van der Waals surface area (Å²) in [6, 6.07) is 9.11. The van der Waals surface area contributed by atoms with Gasteiger partial charge in [-0.3, -0.25) is 0 Å². The van der Waals surface area contributed by atoms with Crippen molar-refractivity contribution in [3.63, 3.8) is 0 Å². The fourth-order valence-corrected chi connectivity index (χ4v) is 2.22. The van der Waals surface area contributed by atoms with E-state index in [0.717, 1.165) is 6.42 Å². The number of hydrogen-bond acceptors (Lipinski definition) is 3. The van der Waals surface area contributed by atoms with Crippen LogP contribution in [0.25, 0.3) is 0 Å². The van der Waals surface area contributed by atoms with Crippen LogP contribution < -0.4 is 0 Å². The van der Waals surface area contributed by atoms with Crippen molar-refractivity contribution in [1.82, 2.24) is 0 Å². The average Bonchev–Trinajstić information content (AvgIpc) is 2.28. The van der Waals surface area contributed by atoms with Crippen LogP contribution in [0.15, 0.2) is 30.3 Å². The fourth-order valence-electron chi connectivity index (χ4n) is 1.27. The molecule has 1 aromatic rings. The molecule has 0 heterocycles. The molecule has 2 nitrogen and oxygen atoms in total. The third-order valence-corrected chi connectivity index (χ3v) is 3.28. The summed E-state index contributed by atoms with van der Waals surface area (Å²) in [5, 5.41) is 0.466. The lowest BCUT2D eigenvalue weighted by Gasteiger charge is -2.17. The van der Waals surface area contributed by atoms with Crippen LogP contribution in [0.5, 0.6) is 0 Å². The zero-order valence-electron chi connectivity index (χ0n) is 9.97. The first-order chi connectivity index (χ1) is 7.63. The summed E-state index contributed by atoms with van der Waals surface area (Å²) in [6.45, 7) is 6.23. The number of thioether (sulfide) groups is 1. The maximum atomic E-state index is 11.8. The summed E-state index contributed by atoms with van der Waals surface area (Å²) in [7, 11) is 0. The maximum Gasteiger partial charge on any atom is 0.339 e. The van der Waals surface area contributed by atoms with E-state index in [1.54, 1.807) is 23.9 Å². The van der Waals surface area contributed by atoms with Crippen LogP contribution in [-0.4, -0.2) is 16.7 Å². The van der Waals surface area contributed by atoms with Gasteiger partial charge in [-0.2, -0.15) is 0 Å². The van der Waals surface area contributed by atoms with E-state index < -0.39 is 0 Å². The number of esters is 1. The van der Waals surface area contributed by atoms with Crippen molar-refractivity contribution >= 4 is 17.7 Å². The molecular weight excluding hydrogens is 220 g/mol. The highest BCUT2D eigenvalue weighted by molar-refractivity contribution is 8.00. The fraction of sp³-hybridized carbons (Fsp3) is 0.462. The molecule has 0 spiro atoms. The van der Waals surface area contributed by atoms with Gasteiger partial charge in [-0.25, -0.2) is 4.79 Å². The van der Waals surface area contributed by atoms with Gasteiger partial charge in [-0.15, -0.1) is 11.8 Å². The molecule has 0 bridgehead atoms. The largest absolute Gasteiger partial charge is 0.448 e. The molecule has 0 amide bonds. The summed E-state index contributed by atoms with van der Waals surface area (Å²) in [4.78, 5) is 11.8. The van der Waals surface area contributed by atoms with E-state index in [4.69, 9.17) is 4.74 Å². The molecule has 88 valence electrons. The van der Waals surface area contributed by atoms with E-state index >= 15 is 0 Å². The number of carbonyl (C=O) groups is 1. The zero-order valence-corrected chi connectivity index (χ0v) is 10.8. The van der Waals surface area contributed by atoms with Gasteiger partial charge < -0.3 is 4.74 Å². The highest BCUT2D eigenvalue weighted by Crippen LogP contribution is 2.22. The smallest absolute Gasteiger partial charge is 0.339 e. The quantitative estimate of drug-likeness (QED) is 0.577. The molecule has 1 aromatic carbocycles. The van der Waals surface area contributed by atoms with Gasteiger partial charge in [-0.05, 0) is 18.6 Å². The first kappa shape index (κ1) is 13.1. The summed E-state index contributed by atoms with van der Waals surface area (Å²) >= 11 is 1.68. The number of carbonyl (C=O) groups excluding carboxylic acids is 1. The molecule has 0 radical (unpaired) electrons. The average molecular weight is 238 g/mol. The standard InChI is InChI=1S/C13H18O2S/c1-4-12(16-10(2)3)15-13(14)11-8-6-5-7-9-11/h5-10,12H,4H2,1-3H3. The SMILES string of the molecule is CCC(OC(=O)c1ccccc1)SC(C)C. The van der Waals surface area contributed by atoms with Crippen LogP contribution in [0, 0.1) is 0 Å². The Bertz CT molecular complexity index is 322. The molecule has 0 N–H and O–H groups in total. The molecule has 1 unspecified atom stereocenters. The number of hydrogen-bond donors (Lipinski definition) is 0. The van der Waals surface area contributed by atoms with Crippen molar-refractivity contribution in [3.05, 3.63) is 35.9 Å². The van der Waals surface area contributed by atoms with Gasteiger partial charge in [0, 0.05) is 5.25 Å². The highest BCUT2D eigenvalue weighted by Gasteiger charge is 2.15. The van der Waals surface area contributed by atoms with Crippen molar-refractivity contribution in [1.29, 1.82) is 0 Å². The molecule has 1 rings (SSSR count). The van der Waals surface area contributed by atoms with Gasteiger partial charge in [0.25, 0.3) is 0 Å². The van der Waals surface area contributed by atoms with E-state index in [9.17, 15) is 4.79 Å². The van der Waals surface area contributed by atoms with E-state index in [1.807, 2.05) is 25.1 Å². The molecule has 0 aliphatic carbocycles. The van der Waals surface area contributed by atoms with Crippen molar-refractivity contribution < 1.29 is 9.53 Å². The Morgan fingerprint density at radius 1 is 1.31 bits per heavy atom. The van der Waals surface area contributed by atoms with Crippen molar-refractivity contribution in [3.8, 4) is 0 Å². The summed E-state index contributed by atoms with van der Waals surface area (Å²) in [5.41, 5.74) is 0.568. The topological polar surface area (TPSA) is 26.3 Å². The van der Waals surface area contributed by atoms with Crippen LogP contribution in [0.3, 0.4) is 0 Å². The van der Waals surface area contributed by atoms with Crippen molar-refractivity contribution in [2.75, 3.05) is 0 Å². The maximum absolute atomic E-state index is 11.8. The summed E-state index contributed by atoms with van der Waals surface area (Å²) < 4.78 is 5.42. The van der Waals surface area contributed by atoms with Crippen LogP contribution in [0.4, 0.5) is 0 Å². The highest BCUT2D eigenvalue weighted by atomic mass is 32.2. The van der Waals surface area contributed by atoms with Gasteiger partial charge >= 0.3 is 5.97 Å². The summed E-state index contributed by atoms with van der Waals surface area (Å²) in [5.74, 6) is -0.236. The predicted octanol–water partition coefficient (Wildman–Crippen LogP) is 3.72. The van der Waals surface area contributed by atoms with E-state index in [0.29, 0.717) is 10.8 Å². The minimum atomic E-state index is -0.236. The van der Waals surface area contributed by atoms with Crippen LogP contribution in [-0.2, 0) is 4.74 Å². The Hall–Kier alpha value is -0.960. The second kappa shape index (κ2) is 6.59.